The topological polar surface area (TPSA) is 75.5 Å². The third-order valence-electron chi connectivity index (χ3n) is 6.22. The number of hydrogen-bond donors (Lipinski definition) is 0. The smallest absolute Gasteiger partial charge is 0.274 e. The number of rotatable bonds is 4. The molecular weight excluding hydrogens is 388 g/mol. The minimum absolute atomic E-state index is 0.0424. The van der Waals surface area contributed by atoms with Gasteiger partial charge in [0.2, 0.25) is 0 Å². The first kappa shape index (κ1) is 18.7. The molecule has 1 aliphatic carbocycles. The summed E-state index contributed by atoms with van der Waals surface area (Å²) in [6, 6.07) is 12.0. The van der Waals surface area contributed by atoms with Gasteiger partial charge in [0.25, 0.3) is 5.91 Å². The highest BCUT2D eigenvalue weighted by Crippen LogP contribution is 2.42. The number of amides is 1. The van der Waals surface area contributed by atoms with Crippen molar-refractivity contribution in [3.63, 3.8) is 0 Å². The number of anilines is 1. The van der Waals surface area contributed by atoms with Crippen molar-refractivity contribution in [2.45, 2.75) is 31.2 Å². The van der Waals surface area contributed by atoms with E-state index >= 15 is 0 Å². The van der Waals surface area contributed by atoms with E-state index in [1.54, 1.807) is 0 Å². The Kier molecular flexibility index (Phi) is 4.61. The van der Waals surface area contributed by atoms with E-state index in [0.29, 0.717) is 31.1 Å². The fourth-order valence-electron chi connectivity index (χ4n) is 4.43. The number of piperazine rings is 1. The molecule has 2 aliphatic heterocycles. The zero-order valence-corrected chi connectivity index (χ0v) is 17.2. The van der Waals surface area contributed by atoms with Crippen LogP contribution >= 0.6 is 0 Å². The Bertz CT molecular complexity index is 1010. The number of aromatic nitrogens is 2. The molecule has 0 radical (unpaired) electrons. The van der Waals surface area contributed by atoms with E-state index in [2.05, 4.69) is 22.1 Å². The van der Waals surface area contributed by atoms with Crippen LogP contribution in [0, 0.1) is 0 Å². The number of sulfone groups is 1. The molecule has 1 amide bonds. The highest BCUT2D eigenvalue weighted by Gasteiger charge is 2.36. The van der Waals surface area contributed by atoms with Crippen LogP contribution in [0.2, 0.25) is 0 Å². The molecule has 1 aromatic heterocycles. The van der Waals surface area contributed by atoms with Gasteiger partial charge in [-0.25, -0.2) is 8.42 Å². The van der Waals surface area contributed by atoms with Gasteiger partial charge in [0.05, 0.1) is 17.5 Å². The summed E-state index contributed by atoms with van der Waals surface area (Å²) >= 11 is 0. The fourth-order valence-corrected chi connectivity index (χ4v) is 6.12. The first-order valence-corrected chi connectivity index (χ1v) is 12.2. The SMILES string of the molecule is O=C(c1cc(C2CC2)n([C@H]2CCS(=O)(=O)C2)n1)N1CCN(c2ccccc2)CC1. The van der Waals surface area contributed by atoms with Gasteiger partial charge in [0.15, 0.2) is 15.5 Å². The zero-order valence-electron chi connectivity index (χ0n) is 16.4. The van der Waals surface area contributed by atoms with E-state index < -0.39 is 9.84 Å². The molecular formula is C21H26N4O3S. The van der Waals surface area contributed by atoms with Gasteiger partial charge in [0.1, 0.15) is 0 Å². The molecule has 0 bridgehead atoms. The predicted octanol–water partition coefficient (Wildman–Crippen LogP) is 2.08. The molecule has 5 rings (SSSR count). The van der Waals surface area contributed by atoms with Gasteiger partial charge in [-0.1, -0.05) is 18.2 Å². The van der Waals surface area contributed by atoms with Crippen molar-refractivity contribution in [2.24, 2.45) is 0 Å². The molecule has 7 nitrogen and oxygen atoms in total. The van der Waals surface area contributed by atoms with Crippen molar-refractivity contribution in [3.8, 4) is 0 Å². The summed E-state index contributed by atoms with van der Waals surface area (Å²) in [5, 5.41) is 4.62. The van der Waals surface area contributed by atoms with Crippen molar-refractivity contribution >= 4 is 21.4 Å². The van der Waals surface area contributed by atoms with Crippen LogP contribution in [-0.2, 0) is 9.84 Å². The third-order valence-corrected chi connectivity index (χ3v) is 7.97. The summed E-state index contributed by atoms with van der Waals surface area (Å²) in [6.45, 7) is 2.92. The second-order valence-electron chi connectivity index (χ2n) is 8.34. The summed E-state index contributed by atoms with van der Waals surface area (Å²) in [6.07, 6.45) is 2.77. The minimum Gasteiger partial charge on any atom is -0.368 e. The number of nitrogens with zero attached hydrogens (tertiary/aromatic N) is 4. The van der Waals surface area contributed by atoms with Gasteiger partial charge in [-0.3, -0.25) is 9.48 Å². The Hall–Kier alpha value is -2.35. The van der Waals surface area contributed by atoms with Crippen LogP contribution in [0.15, 0.2) is 36.4 Å². The Morgan fingerprint density at radius 1 is 1.00 bits per heavy atom. The Morgan fingerprint density at radius 3 is 2.34 bits per heavy atom. The lowest BCUT2D eigenvalue weighted by Crippen LogP contribution is -2.48. The quantitative estimate of drug-likeness (QED) is 0.766. The number of carbonyl (C=O) groups is 1. The summed E-state index contributed by atoms with van der Waals surface area (Å²) < 4.78 is 25.7. The van der Waals surface area contributed by atoms with Gasteiger partial charge >= 0.3 is 0 Å². The first-order chi connectivity index (χ1) is 14.0. The monoisotopic (exact) mass is 414 g/mol. The zero-order chi connectivity index (χ0) is 20.0. The molecule has 0 N–H and O–H groups in total. The largest absolute Gasteiger partial charge is 0.368 e. The Labute approximate surface area is 171 Å². The summed E-state index contributed by atoms with van der Waals surface area (Å²) in [5.41, 5.74) is 2.69. The Balaban J connectivity index is 1.31. The van der Waals surface area contributed by atoms with Gasteiger partial charge < -0.3 is 9.80 Å². The first-order valence-electron chi connectivity index (χ1n) is 10.4. The van der Waals surface area contributed by atoms with Crippen LogP contribution in [0.5, 0.6) is 0 Å². The van der Waals surface area contributed by atoms with Crippen LogP contribution in [0.3, 0.4) is 0 Å². The second-order valence-corrected chi connectivity index (χ2v) is 10.6. The van der Waals surface area contributed by atoms with E-state index in [0.717, 1.165) is 31.6 Å². The average Bonchev–Trinajstić information content (AvgIpc) is 3.39. The number of para-hydroxylation sites is 1. The molecule has 3 fully saturated rings. The van der Waals surface area contributed by atoms with E-state index in [1.807, 2.05) is 33.8 Å². The highest BCUT2D eigenvalue weighted by molar-refractivity contribution is 7.91. The van der Waals surface area contributed by atoms with Crippen LogP contribution in [0.25, 0.3) is 0 Å². The van der Waals surface area contributed by atoms with E-state index in [4.69, 9.17) is 0 Å². The summed E-state index contributed by atoms with van der Waals surface area (Å²) in [4.78, 5) is 17.3. The summed E-state index contributed by atoms with van der Waals surface area (Å²) in [5.74, 6) is 0.728. The molecule has 1 saturated carbocycles. The fraction of sp³-hybridized carbons (Fsp3) is 0.524. The summed E-state index contributed by atoms with van der Waals surface area (Å²) in [7, 11) is -2.99. The highest BCUT2D eigenvalue weighted by atomic mass is 32.2. The second kappa shape index (κ2) is 7.16. The molecule has 3 aliphatic rings. The maximum Gasteiger partial charge on any atom is 0.274 e. The van der Waals surface area contributed by atoms with E-state index in [-0.39, 0.29) is 23.5 Å². The number of carbonyl (C=O) groups excluding carboxylic acids is 1. The van der Waals surface area contributed by atoms with Crippen molar-refractivity contribution in [1.82, 2.24) is 14.7 Å². The normalized spacial score (nSPS) is 24.1. The third kappa shape index (κ3) is 3.77. The van der Waals surface area contributed by atoms with Crippen molar-refractivity contribution in [1.29, 1.82) is 0 Å². The van der Waals surface area contributed by atoms with Crippen LogP contribution in [0.4, 0.5) is 5.69 Å². The van der Waals surface area contributed by atoms with Crippen LogP contribution < -0.4 is 4.90 Å². The molecule has 2 saturated heterocycles. The molecule has 0 spiro atoms. The lowest BCUT2D eigenvalue weighted by Gasteiger charge is -2.35. The number of benzene rings is 1. The molecule has 29 heavy (non-hydrogen) atoms. The molecule has 1 aromatic carbocycles. The predicted molar refractivity (Wildman–Crippen MR) is 111 cm³/mol. The van der Waals surface area contributed by atoms with Gasteiger partial charge in [-0.15, -0.1) is 0 Å². The molecule has 154 valence electrons. The van der Waals surface area contributed by atoms with E-state index in [1.165, 1.54) is 5.69 Å². The molecule has 2 aromatic rings. The molecule has 1 atom stereocenters. The van der Waals surface area contributed by atoms with Crippen molar-refractivity contribution in [2.75, 3.05) is 42.6 Å². The van der Waals surface area contributed by atoms with Crippen LogP contribution in [0.1, 0.15) is 47.4 Å². The van der Waals surface area contributed by atoms with Crippen LogP contribution in [-0.4, -0.2) is 66.7 Å². The van der Waals surface area contributed by atoms with Crippen molar-refractivity contribution < 1.29 is 13.2 Å². The maximum absolute atomic E-state index is 13.1. The Morgan fingerprint density at radius 2 is 1.72 bits per heavy atom. The lowest BCUT2D eigenvalue weighted by atomic mass is 10.2. The average molecular weight is 415 g/mol. The maximum atomic E-state index is 13.1. The number of hydrogen-bond acceptors (Lipinski definition) is 5. The van der Waals surface area contributed by atoms with Gasteiger partial charge in [0, 0.05) is 43.5 Å². The van der Waals surface area contributed by atoms with E-state index in [9.17, 15) is 13.2 Å². The standard InChI is InChI=1S/C21H26N4O3S/c26-21(24-11-9-23(10-12-24)17-4-2-1-3-5-17)19-14-20(16-6-7-16)25(22-19)18-8-13-29(27,28)15-18/h1-5,14,16,18H,6-13,15H2/t18-/m0/s1. The van der Waals surface area contributed by atoms with Gasteiger partial charge in [-0.2, -0.15) is 5.10 Å². The van der Waals surface area contributed by atoms with Gasteiger partial charge in [-0.05, 0) is 37.5 Å². The van der Waals surface area contributed by atoms with Crippen molar-refractivity contribution in [3.05, 3.63) is 47.8 Å². The molecule has 0 unspecified atom stereocenters. The molecule has 3 heterocycles. The molecule has 8 heteroatoms. The minimum atomic E-state index is -2.99. The lowest BCUT2D eigenvalue weighted by molar-refractivity contribution is 0.0739.